The summed E-state index contributed by atoms with van der Waals surface area (Å²) in [5, 5.41) is 14.8. The molecule has 0 saturated carbocycles. The summed E-state index contributed by atoms with van der Waals surface area (Å²) in [6, 6.07) is 0. The van der Waals surface area contributed by atoms with E-state index in [1.807, 2.05) is 0 Å². The fourth-order valence-corrected chi connectivity index (χ4v) is 4.21. The van der Waals surface area contributed by atoms with E-state index in [4.69, 9.17) is 0 Å². The molecule has 1 N–H and O–H groups in total. The highest BCUT2D eigenvalue weighted by atomic mass is 79.9. The molecule has 0 radical (unpaired) electrons. The summed E-state index contributed by atoms with van der Waals surface area (Å²) in [7, 11) is 0. The second-order valence-electron chi connectivity index (χ2n) is 6.05. The molecule has 2 aliphatic heterocycles. The standard InChI is InChI=1S/C14H19BrN4O2/c15-11-7-17-8-12(19(20)21)13(11)18-6-2-4-14(10-18)3-1-5-16-9-14/h7-8,16H,1-6,9-10H2. The van der Waals surface area contributed by atoms with E-state index in [0.29, 0.717) is 10.2 Å². The van der Waals surface area contributed by atoms with Crippen LogP contribution in [0.15, 0.2) is 16.9 Å². The van der Waals surface area contributed by atoms with Crippen molar-refractivity contribution in [3.63, 3.8) is 0 Å². The first-order valence-corrected chi connectivity index (χ1v) is 8.14. The van der Waals surface area contributed by atoms with Gasteiger partial charge in [0.2, 0.25) is 0 Å². The van der Waals surface area contributed by atoms with Gasteiger partial charge in [0.15, 0.2) is 0 Å². The normalized spacial score (nSPS) is 26.0. The van der Waals surface area contributed by atoms with Gasteiger partial charge in [0, 0.05) is 31.2 Å². The number of nitro groups is 1. The number of piperidine rings is 2. The fraction of sp³-hybridized carbons (Fsp3) is 0.643. The van der Waals surface area contributed by atoms with Gasteiger partial charge in [-0.2, -0.15) is 0 Å². The van der Waals surface area contributed by atoms with Gasteiger partial charge in [-0.25, -0.2) is 0 Å². The van der Waals surface area contributed by atoms with Crippen LogP contribution in [0, 0.1) is 15.5 Å². The van der Waals surface area contributed by atoms with Crippen LogP contribution in [0.3, 0.4) is 0 Å². The highest BCUT2D eigenvalue weighted by Crippen LogP contribution is 2.42. The Morgan fingerprint density at radius 2 is 2.19 bits per heavy atom. The molecule has 0 aromatic carbocycles. The van der Waals surface area contributed by atoms with Crippen LogP contribution < -0.4 is 10.2 Å². The summed E-state index contributed by atoms with van der Waals surface area (Å²) in [5.41, 5.74) is 1.03. The monoisotopic (exact) mass is 354 g/mol. The number of hydrogen-bond donors (Lipinski definition) is 1. The summed E-state index contributed by atoms with van der Waals surface area (Å²) in [5.74, 6) is 0. The van der Waals surface area contributed by atoms with Gasteiger partial charge in [-0.1, -0.05) is 0 Å². The third-order valence-electron chi connectivity index (χ3n) is 4.59. The lowest BCUT2D eigenvalue weighted by Gasteiger charge is -2.46. The molecule has 2 saturated heterocycles. The van der Waals surface area contributed by atoms with Crippen molar-refractivity contribution in [2.24, 2.45) is 5.41 Å². The molecule has 0 bridgehead atoms. The van der Waals surface area contributed by atoms with Gasteiger partial charge in [0.25, 0.3) is 0 Å². The molecule has 0 amide bonds. The first-order chi connectivity index (χ1) is 10.1. The van der Waals surface area contributed by atoms with Gasteiger partial charge in [-0.05, 0) is 48.2 Å². The number of rotatable bonds is 2. The van der Waals surface area contributed by atoms with Crippen molar-refractivity contribution >= 4 is 27.3 Å². The number of halogens is 1. The van der Waals surface area contributed by atoms with Gasteiger partial charge >= 0.3 is 5.69 Å². The molecule has 0 aliphatic carbocycles. The van der Waals surface area contributed by atoms with E-state index in [9.17, 15) is 10.1 Å². The average molecular weight is 355 g/mol. The van der Waals surface area contributed by atoms with Crippen molar-refractivity contribution in [1.29, 1.82) is 0 Å². The molecule has 2 aliphatic rings. The van der Waals surface area contributed by atoms with Crippen LogP contribution in [-0.4, -0.2) is 36.1 Å². The number of nitrogens with one attached hydrogen (secondary N) is 1. The number of anilines is 1. The van der Waals surface area contributed by atoms with Gasteiger partial charge in [-0.15, -0.1) is 0 Å². The third-order valence-corrected chi connectivity index (χ3v) is 5.17. The number of pyridine rings is 1. The second-order valence-corrected chi connectivity index (χ2v) is 6.91. The number of aromatic nitrogens is 1. The van der Waals surface area contributed by atoms with E-state index in [1.54, 1.807) is 6.20 Å². The van der Waals surface area contributed by atoms with Gasteiger partial charge in [0.1, 0.15) is 11.9 Å². The number of nitrogens with zero attached hydrogens (tertiary/aromatic N) is 3. The highest BCUT2D eigenvalue weighted by molar-refractivity contribution is 9.10. The van der Waals surface area contributed by atoms with Crippen LogP contribution in [-0.2, 0) is 0 Å². The lowest BCUT2D eigenvalue weighted by atomic mass is 9.74. The Kier molecular flexibility index (Phi) is 4.12. The predicted octanol–water partition coefficient (Wildman–Crippen LogP) is 2.72. The Balaban J connectivity index is 1.91. The minimum atomic E-state index is -0.340. The Labute approximate surface area is 132 Å². The smallest absolute Gasteiger partial charge is 0.311 e. The van der Waals surface area contributed by atoms with E-state index >= 15 is 0 Å². The highest BCUT2D eigenvalue weighted by Gasteiger charge is 2.38. The zero-order valence-corrected chi connectivity index (χ0v) is 13.4. The molecule has 3 rings (SSSR count). The third kappa shape index (κ3) is 2.89. The summed E-state index contributed by atoms with van der Waals surface area (Å²) >= 11 is 3.44. The molecule has 1 spiro atoms. The van der Waals surface area contributed by atoms with Crippen molar-refractivity contribution in [3.05, 3.63) is 27.0 Å². The molecule has 1 aromatic rings. The fourth-order valence-electron chi connectivity index (χ4n) is 3.64. The topological polar surface area (TPSA) is 71.3 Å². The van der Waals surface area contributed by atoms with E-state index in [0.717, 1.165) is 32.6 Å². The Morgan fingerprint density at radius 3 is 2.90 bits per heavy atom. The molecule has 114 valence electrons. The maximum Gasteiger partial charge on any atom is 0.311 e. The molecular weight excluding hydrogens is 336 g/mol. The summed E-state index contributed by atoms with van der Waals surface area (Å²) in [4.78, 5) is 17.1. The van der Waals surface area contributed by atoms with E-state index in [-0.39, 0.29) is 16.0 Å². The maximum absolute atomic E-state index is 11.3. The average Bonchev–Trinajstić information content (AvgIpc) is 2.47. The van der Waals surface area contributed by atoms with Gasteiger partial charge in [-0.3, -0.25) is 15.1 Å². The van der Waals surface area contributed by atoms with Crippen LogP contribution in [0.1, 0.15) is 25.7 Å². The second kappa shape index (κ2) is 5.88. The van der Waals surface area contributed by atoms with E-state index < -0.39 is 0 Å². The van der Waals surface area contributed by atoms with Crippen molar-refractivity contribution in [1.82, 2.24) is 10.3 Å². The largest absolute Gasteiger partial charge is 0.364 e. The van der Waals surface area contributed by atoms with Crippen LogP contribution in [0.25, 0.3) is 0 Å². The summed E-state index contributed by atoms with van der Waals surface area (Å²) in [6.45, 7) is 3.84. The molecule has 21 heavy (non-hydrogen) atoms. The summed E-state index contributed by atoms with van der Waals surface area (Å²) in [6.07, 6.45) is 7.66. The molecule has 1 atom stereocenters. The van der Waals surface area contributed by atoms with Crippen molar-refractivity contribution in [3.8, 4) is 0 Å². The lowest BCUT2D eigenvalue weighted by molar-refractivity contribution is -0.384. The van der Waals surface area contributed by atoms with Gasteiger partial charge < -0.3 is 10.2 Å². The molecule has 3 heterocycles. The minimum Gasteiger partial charge on any atom is -0.364 e. The first-order valence-electron chi connectivity index (χ1n) is 7.35. The zero-order chi connectivity index (χ0) is 14.9. The van der Waals surface area contributed by atoms with E-state index in [2.05, 4.69) is 31.1 Å². The van der Waals surface area contributed by atoms with E-state index in [1.165, 1.54) is 25.5 Å². The summed E-state index contributed by atoms with van der Waals surface area (Å²) < 4.78 is 0.706. The molecule has 2 fully saturated rings. The van der Waals surface area contributed by atoms with Crippen molar-refractivity contribution in [2.45, 2.75) is 25.7 Å². The maximum atomic E-state index is 11.3. The zero-order valence-electron chi connectivity index (χ0n) is 11.8. The van der Waals surface area contributed by atoms with Crippen LogP contribution in [0.2, 0.25) is 0 Å². The van der Waals surface area contributed by atoms with Crippen LogP contribution in [0.4, 0.5) is 11.4 Å². The van der Waals surface area contributed by atoms with Crippen LogP contribution >= 0.6 is 15.9 Å². The molecule has 1 unspecified atom stereocenters. The first kappa shape index (κ1) is 14.7. The predicted molar refractivity (Wildman–Crippen MR) is 84.6 cm³/mol. The van der Waals surface area contributed by atoms with Crippen molar-refractivity contribution < 1.29 is 4.92 Å². The van der Waals surface area contributed by atoms with Crippen LogP contribution in [0.5, 0.6) is 0 Å². The number of hydrogen-bond acceptors (Lipinski definition) is 5. The molecule has 6 nitrogen and oxygen atoms in total. The Bertz CT molecular complexity index is 540. The van der Waals surface area contributed by atoms with Gasteiger partial charge in [0.05, 0.1) is 9.40 Å². The molecule has 7 heteroatoms. The Morgan fingerprint density at radius 1 is 1.38 bits per heavy atom. The minimum absolute atomic E-state index is 0.0881. The SMILES string of the molecule is O=[N+]([O-])c1cncc(Br)c1N1CCCC2(CCCNC2)C1. The van der Waals surface area contributed by atoms with Crippen molar-refractivity contribution in [2.75, 3.05) is 31.1 Å². The lowest BCUT2D eigenvalue weighted by Crippen LogP contribution is -2.51. The quantitative estimate of drug-likeness (QED) is 0.652. The Hall–Kier alpha value is -1.21. The molecule has 1 aromatic heterocycles. The molecular formula is C14H19BrN4O2.